The first-order valence-corrected chi connectivity index (χ1v) is 5.38. The Kier molecular flexibility index (Phi) is 5.51. The lowest BCUT2D eigenvalue weighted by atomic mass is 10.2. The number of benzene rings is 1. The summed E-state index contributed by atoms with van der Waals surface area (Å²) in [5.74, 6) is -0.316. The van der Waals surface area contributed by atoms with E-state index in [1.54, 1.807) is 24.3 Å². The number of rotatable bonds is 6. The molecular weight excluding hydrogens is 216 g/mol. The molecule has 0 aromatic heterocycles. The van der Waals surface area contributed by atoms with E-state index in [0.717, 1.165) is 0 Å². The molecule has 17 heavy (non-hydrogen) atoms. The van der Waals surface area contributed by atoms with Crippen molar-refractivity contribution in [3.8, 4) is 0 Å². The highest BCUT2D eigenvalue weighted by Crippen LogP contribution is 1.96. The summed E-state index contributed by atoms with van der Waals surface area (Å²) >= 11 is 0. The van der Waals surface area contributed by atoms with Crippen LogP contribution in [0.2, 0.25) is 0 Å². The van der Waals surface area contributed by atoms with Crippen molar-refractivity contribution in [2.45, 2.75) is 6.42 Å². The Hall–Kier alpha value is -2.10. The molecule has 4 heteroatoms. The lowest BCUT2D eigenvalue weighted by Gasteiger charge is -2.05. The van der Waals surface area contributed by atoms with Gasteiger partial charge < -0.3 is 10.6 Å². The number of hydrogen-bond acceptors (Lipinski definition) is 2. The van der Waals surface area contributed by atoms with Gasteiger partial charge in [-0.3, -0.25) is 9.59 Å². The van der Waals surface area contributed by atoms with Crippen LogP contribution in [-0.2, 0) is 4.79 Å². The molecule has 0 saturated carbocycles. The Bertz CT molecular complexity index is 388. The fraction of sp³-hybridized carbons (Fsp3) is 0.231. The van der Waals surface area contributed by atoms with Crippen LogP contribution >= 0.6 is 0 Å². The minimum Gasteiger partial charge on any atom is -0.353 e. The number of carbonyl (C=O) groups excluding carboxylic acids is 2. The summed E-state index contributed by atoms with van der Waals surface area (Å²) in [6.07, 6.45) is 1.91. The third kappa shape index (κ3) is 4.97. The number of nitrogens with one attached hydrogen (secondary N) is 2. The molecule has 2 N–H and O–H groups in total. The normalized spacial score (nSPS) is 9.41. The van der Waals surface area contributed by atoms with Gasteiger partial charge in [-0.05, 0) is 30.7 Å². The monoisotopic (exact) mass is 231 g/mol. The van der Waals surface area contributed by atoms with Crippen LogP contribution in [0.5, 0.6) is 0 Å². The molecule has 4 nitrogen and oxygen atoms in total. The third-order valence-electron chi connectivity index (χ3n) is 2.10. The smallest absolute Gasteiger partial charge is 0.251 e. The van der Waals surface area contributed by atoms with Gasteiger partial charge in [0.25, 0.3) is 5.91 Å². The van der Waals surface area contributed by atoms with E-state index < -0.39 is 0 Å². The second-order valence-electron chi connectivity index (χ2n) is 3.39. The van der Waals surface area contributed by atoms with Crippen molar-refractivity contribution < 1.29 is 9.59 Å². The fourth-order valence-electron chi connectivity index (χ4n) is 1.21. The van der Waals surface area contributed by atoms with Crippen molar-refractivity contribution in [1.82, 2.24) is 10.6 Å². The van der Waals surface area contributed by atoms with Crippen LogP contribution in [0.1, 0.15) is 16.8 Å². The molecule has 1 aromatic carbocycles. The molecule has 0 spiro atoms. The van der Waals surface area contributed by atoms with Crippen LogP contribution in [0, 0.1) is 6.07 Å². The third-order valence-corrected chi connectivity index (χ3v) is 2.10. The van der Waals surface area contributed by atoms with Crippen LogP contribution in [0.3, 0.4) is 0 Å². The van der Waals surface area contributed by atoms with Gasteiger partial charge in [0.2, 0.25) is 5.91 Å². The van der Waals surface area contributed by atoms with Crippen LogP contribution in [-0.4, -0.2) is 24.9 Å². The average molecular weight is 231 g/mol. The van der Waals surface area contributed by atoms with E-state index >= 15 is 0 Å². The molecule has 2 amide bonds. The molecule has 0 bridgehead atoms. The van der Waals surface area contributed by atoms with Crippen molar-refractivity contribution in [2.24, 2.45) is 0 Å². The van der Waals surface area contributed by atoms with E-state index in [0.29, 0.717) is 25.1 Å². The summed E-state index contributed by atoms with van der Waals surface area (Å²) in [5.41, 5.74) is 0.610. The van der Waals surface area contributed by atoms with Gasteiger partial charge in [0, 0.05) is 18.7 Å². The summed E-state index contributed by atoms with van der Waals surface area (Å²) in [5, 5.41) is 5.39. The molecule has 1 rings (SSSR count). The molecule has 0 aliphatic carbocycles. The first kappa shape index (κ1) is 13.0. The molecule has 0 atom stereocenters. The Labute approximate surface area is 101 Å². The lowest BCUT2D eigenvalue weighted by Crippen LogP contribution is -2.29. The molecule has 0 unspecified atom stereocenters. The summed E-state index contributed by atoms with van der Waals surface area (Å²) in [7, 11) is 0. The molecule has 0 fully saturated rings. The lowest BCUT2D eigenvalue weighted by molar-refractivity contribution is -0.116. The van der Waals surface area contributed by atoms with Gasteiger partial charge in [0.1, 0.15) is 0 Å². The first-order chi connectivity index (χ1) is 8.24. The van der Waals surface area contributed by atoms with Gasteiger partial charge in [-0.25, -0.2) is 0 Å². The molecule has 0 aliphatic heterocycles. The zero-order chi connectivity index (χ0) is 12.5. The molecule has 0 saturated heterocycles. The second-order valence-corrected chi connectivity index (χ2v) is 3.39. The highest BCUT2D eigenvalue weighted by molar-refractivity contribution is 5.94. The first-order valence-electron chi connectivity index (χ1n) is 5.38. The van der Waals surface area contributed by atoms with E-state index in [-0.39, 0.29) is 11.8 Å². The Morgan fingerprint density at radius 2 is 1.88 bits per heavy atom. The maximum atomic E-state index is 11.6. The Morgan fingerprint density at radius 1 is 1.24 bits per heavy atom. The van der Waals surface area contributed by atoms with Gasteiger partial charge in [0.05, 0.1) is 0 Å². The maximum Gasteiger partial charge on any atom is 0.251 e. The van der Waals surface area contributed by atoms with Gasteiger partial charge in [0.15, 0.2) is 0 Å². The predicted octanol–water partition coefficient (Wildman–Crippen LogP) is 0.909. The van der Waals surface area contributed by atoms with E-state index in [9.17, 15) is 9.59 Å². The summed E-state index contributed by atoms with van der Waals surface area (Å²) < 4.78 is 0. The van der Waals surface area contributed by atoms with Crippen LogP contribution < -0.4 is 10.6 Å². The van der Waals surface area contributed by atoms with Crippen molar-refractivity contribution in [2.75, 3.05) is 13.1 Å². The number of hydrogen-bond donors (Lipinski definition) is 2. The van der Waals surface area contributed by atoms with Crippen LogP contribution in [0.15, 0.2) is 36.9 Å². The Morgan fingerprint density at radius 3 is 2.53 bits per heavy atom. The average Bonchev–Trinajstić information content (AvgIpc) is 2.38. The largest absolute Gasteiger partial charge is 0.353 e. The van der Waals surface area contributed by atoms with Gasteiger partial charge in [-0.1, -0.05) is 18.7 Å². The highest BCUT2D eigenvalue weighted by atomic mass is 16.2. The van der Waals surface area contributed by atoms with Crippen molar-refractivity contribution >= 4 is 11.8 Å². The molecule has 0 heterocycles. The summed E-state index contributed by atoms with van der Waals surface area (Å²) in [6.45, 7) is 4.39. The van der Waals surface area contributed by atoms with Gasteiger partial charge in [-0.2, -0.15) is 0 Å². The molecule has 89 valence electrons. The quantitative estimate of drug-likeness (QED) is 0.564. The minimum atomic E-state index is -0.199. The fourth-order valence-corrected chi connectivity index (χ4v) is 1.21. The van der Waals surface area contributed by atoms with Crippen molar-refractivity contribution in [3.05, 3.63) is 48.6 Å². The van der Waals surface area contributed by atoms with Crippen LogP contribution in [0.4, 0.5) is 0 Å². The number of amides is 2. The highest BCUT2D eigenvalue weighted by Gasteiger charge is 2.02. The minimum absolute atomic E-state index is 0.117. The SMILES string of the molecule is C=CC(=O)NCCCNC(=O)c1cc[c]cc1. The van der Waals surface area contributed by atoms with Gasteiger partial charge >= 0.3 is 0 Å². The van der Waals surface area contributed by atoms with E-state index in [1.165, 1.54) is 6.08 Å². The molecule has 1 radical (unpaired) electrons. The summed E-state index contributed by atoms with van der Waals surface area (Å²) in [6, 6.07) is 9.64. The Balaban J connectivity index is 2.17. The zero-order valence-electron chi connectivity index (χ0n) is 9.53. The zero-order valence-corrected chi connectivity index (χ0v) is 9.53. The topological polar surface area (TPSA) is 58.2 Å². The van der Waals surface area contributed by atoms with E-state index in [2.05, 4.69) is 23.3 Å². The predicted molar refractivity (Wildman–Crippen MR) is 65.4 cm³/mol. The van der Waals surface area contributed by atoms with E-state index in [4.69, 9.17) is 0 Å². The maximum absolute atomic E-state index is 11.6. The van der Waals surface area contributed by atoms with Crippen molar-refractivity contribution in [1.29, 1.82) is 0 Å². The van der Waals surface area contributed by atoms with Crippen LogP contribution in [0.25, 0.3) is 0 Å². The molecule has 0 aliphatic rings. The standard InChI is InChI=1S/C13H15N2O2/c1-2-12(16)14-9-6-10-15-13(17)11-7-4-3-5-8-11/h2,4-5,7-8H,1,6,9-10H2,(H,14,16)(H,15,17). The van der Waals surface area contributed by atoms with Crippen molar-refractivity contribution in [3.63, 3.8) is 0 Å². The molecule has 1 aromatic rings. The molecular formula is C13H15N2O2. The number of carbonyl (C=O) groups is 2. The van der Waals surface area contributed by atoms with Gasteiger partial charge in [-0.15, -0.1) is 0 Å². The van der Waals surface area contributed by atoms with E-state index in [1.807, 2.05) is 0 Å². The summed E-state index contributed by atoms with van der Waals surface area (Å²) in [4.78, 5) is 22.4. The second kappa shape index (κ2) is 7.22.